The summed E-state index contributed by atoms with van der Waals surface area (Å²) in [5, 5.41) is 12.2. The molecule has 1 aromatic carbocycles. The first-order valence-corrected chi connectivity index (χ1v) is 5.54. The van der Waals surface area contributed by atoms with Gasteiger partial charge in [-0.25, -0.2) is 4.68 Å². The topological polar surface area (TPSA) is 41.6 Å². The van der Waals surface area contributed by atoms with Crippen LogP contribution in [0, 0.1) is 11.3 Å². The van der Waals surface area contributed by atoms with Gasteiger partial charge in [-0.05, 0) is 40.2 Å². The molecule has 0 radical (unpaired) electrons. The second kappa shape index (κ2) is 4.46. The largest absolute Gasteiger partial charge is 0.435 e. The summed E-state index contributed by atoms with van der Waals surface area (Å²) in [6.45, 7) is 0. The first kappa shape index (κ1) is 12.6. The Morgan fingerprint density at radius 1 is 1.28 bits per heavy atom. The number of hydrogen-bond donors (Lipinski definition) is 0. The lowest BCUT2D eigenvalue weighted by molar-refractivity contribution is -0.141. The molecular weight excluding hydrogens is 311 g/mol. The average Bonchev–Trinajstić information content (AvgIpc) is 2.77. The third kappa shape index (κ3) is 2.38. The molecule has 0 saturated heterocycles. The second-order valence-corrected chi connectivity index (χ2v) is 4.27. The lowest BCUT2D eigenvalue weighted by Crippen LogP contribution is -2.07. The van der Waals surface area contributed by atoms with Crippen LogP contribution < -0.4 is 0 Å². The maximum absolute atomic E-state index is 12.4. The third-order valence-electron chi connectivity index (χ3n) is 2.22. The number of hydrogen-bond acceptors (Lipinski definition) is 2. The fourth-order valence-corrected chi connectivity index (χ4v) is 1.81. The summed E-state index contributed by atoms with van der Waals surface area (Å²) in [6, 6.07) is 7.41. The van der Waals surface area contributed by atoms with Gasteiger partial charge in [0, 0.05) is 10.7 Å². The molecule has 2 aromatic rings. The number of rotatable bonds is 1. The minimum Gasteiger partial charge on any atom is -0.240 e. The number of benzene rings is 1. The molecule has 1 heterocycles. The zero-order valence-electron chi connectivity index (χ0n) is 8.74. The van der Waals surface area contributed by atoms with Gasteiger partial charge in [0.25, 0.3) is 0 Å². The summed E-state index contributed by atoms with van der Waals surface area (Å²) >= 11 is 3.17. The van der Waals surface area contributed by atoms with Gasteiger partial charge in [-0.3, -0.25) is 0 Å². The summed E-state index contributed by atoms with van der Waals surface area (Å²) in [5.74, 6) is 0. The van der Waals surface area contributed by atoms with Crippen LogP contribution in [0.15, 0.2) is 34.9 Å². The van der Waals surface area contributed by atoms with E-state index in [2.05, 4.69) is 21.0 Å². The van der Waals surface area contributed by atoms with Crippen LogP contribution in [0.1, 0.15) is 11.3 Å². The van der Waals surface area contributed by atoms with Gasteiger partial charge in [0.2, 0.25) is 0 Å². The van der Waals surface area contributed by atoms with Crippen LogP contribution in [0.5, 0.6) is 0 Å². The number of nitriles is 1. The summed E-state index contributed by atoms with van der Waals surface area (Å²) in [4.78, 5) is 0. The fraction of sp³-hybridized carbons (Fsp3) is 0.0909. The van der Waals surface area contributed by atoms with E-state index in [4.69, 9.17) is 5.26 Å². The Balaban J connectivity index is 2.41. The van der Waals surface area contributed by atoms with Crippen molar-refractivity contribution in [1.29, 1.82) is 5.26 Å². The van der Waals surface area contributed by atoms with Crippen molar-refractivity contribution in [3.63, 3.8) is 0 Å². The minimum absolute atomic E-state index is 0.405. The quantitative estimate of drug-likeness (QED) is 0.808. The van der Waals surface area contributed by atoms with Gasteiger partial charge in [0.1, 0.15) is 6.07 Å². The molecule has 0 bridgehead atoms. The molecule has 0 fully saturated rings. The molecule has 0 N–H and O–H groups in total. The normalized spacial score (nSPS) is 11.3. The van der Waals surface area contributed by atoms with Crippen molar-refractivity contribution in [2.24, 2.45) is 0 Å². The van der Waals surface area contributed by atoms with Crippen molar-refractivity contribution in [2.45, 2.75) is 6.18 Å². The maximum atomic E-state index is 12.4. The number of aromatic nitrogens is 2. The molecule has 0 aliphatic heterocycles. The molecular formula is C11H5BrF3N3. The maximum Gasteiger partial charge on any atom is 0.435 e. The first-order valence-electron chi connectivity index (χ1n) is 4.74. The molecule has 0 amide bonds. The predicted molar refractivity (Wildman–Crippen MR) is 61.0 cm³/mol. The Labute approximate surface area is 109 Å². The van der Waals surface area contributed by atoms with E-state index < -0.39 is 11.9 Å². The first-order chi connectivity index (χ1) is 8.41. The standard InChI is InChI=1S/C11H5BrF3N3/c12-9-5-8(2-1-7(9)6-16)18-4-3-10(17-18)11(13,14)15/h1-5H. The Kier molecular flexibility index (Phi) is 3.13. The highest BCUT2D eigenvalue weighted by molar-refractivity contribution is 9.10. The van der Waals surface area contributed by atoms with Crippen LogP contribution in [0.3, 0.4) is 0 Å². The van der Waals surface area contributed by atoms with Crippen LogP contribution in [-0.2, 0) is 6.18 Å². The van der Waals surface area contributed by atoms with E-state index in [1.807, 2.05) is 6.07 Å². The van der Waals surface area contributed by atoms with Gasteiger partial charge in [-0.2, -0.15) is 23.5 Å². The van der Waals surface area contributed by atoms with Crippen molar-refractivity contribution in [1.82, 2.24) is 9.78 Å². The highest BCUT2D eigenvalue weighted by atomic mass is 79.9. The molecule has 1 aromatic heterocycles. The van der Waals surface area contributed by atoms with Crippen LogP contribution in [0.25, 0.3) is 5.69 Å². The van der Waals surface area contributed by atoms with E-state index in [1.165, 1.54) is 24.4 Å². The molecule has 0 unspecified atom stereocenters. The van der Waals surface area contributed by atoms with Crippen LogP contribution in [0.2, 0.25) is 0 Å². The highest BCUT2D eigenvalue weighted by Gasteiger charge is 2.33. The summed E-state index contributed by atoms with van der Waals surface area (Å²) < 4.78 is 38.8. The van der Waals surface area contributed by atoms with Crippen molar-refractivity contribution < 1.29 is 13.2 Å². The lowest BCUT2D eigenvalue weighted by atomic mass is 10.2. The fourth-order valence-electron chi connectivity index (χ4n) is 1.36. The Morgan fingerprint density at radius 3 is 2.50 bits per heavy atom. The average molecular weight is 316 g/mol. The smallest absolute Gasteiger partial charge is 0.240 e. The zero-order valence-corrected chi connectivity index (χ0v) is 10.3. The molecule has 3 nitrogen and oxygen atoms in total. The van der Waals surface area contributed by atoms with Gasteiger partial charge >= 0.3 is 6.18 Å². The molecule has 0 aliphatic carbocycles. The third-order valence-corrected chi connectivity index (χ3v) is 2.87. The highest BCUT2D eigenvalue weighted by Crippen LogP contribution is 2.28. The molecule has 0 atom stereocenters. The molecule has 18 heavy (non-hydrogen) atoms. The summed E-state index contributed by atoms with van der Waals surface area (Å²) in [5.41, 5.74) is -0.110. The van der Waals surface area contributed by atoms with Crippen molar-refractivity contribution in [2.75, 3.05) is 0 Å². The van der Waals surface area contributed by atoms with Gasteiger partial charge in [0.05, 0.1) is 11.3 Å². The van der Waals surface area contributed by atoms with Gasteiger partial charge in [0.15, 0.2) is 5.69 Å². The van der Waals surface area contributed by atoms with E-state index in [0.29, 0.717) is 15.7 Å². The monoisotopic (exact) mass is 315 g/mol. The number of nitrogens with zero attached hydrogens (tertiary/aromatic N) is 3. The van der Waals surface area contributed by atoms with E-state index in [1.54, 1.807) is 0 Å². The van der Waals surface area contributed by atoms with Crippen LogP contribution in [0.4, 0.5) is 13.2 Å². The molecule has 0 saturated carbocycles. The van der Waals surface area contributed by atoms with Crippen LogP contribution >= 0.6 is 15.9 Å². The van der Waals surface area contributed by atoms with E-state index in [0.717, 1.165) is 10.7 Å². The Morgan fingerprint density at radius 2 is 2.00 bits per heavy atom. The SMILES string of the molecule is N#Cc1ccc(-n2ccc(C(F)(F)F)n2)cc1Br. The van der Waals surface area contributed by atoms with E-state index in [9.17, 15) is 13.2 Å². The number of alkyl halides is 3. The second-order valence-electron chi connectivity index (χ2n) is 3.42. The lowest BCUT2D eigenvalue weighted by Gasteiger charge is -2.04. The van der Waals surface area contributed by atoms with Crippen LogP contribution in [-0.4, -0.2) is 9.78 Å². The summed E-state index contributed by atoms with van der Waals surface area (Å²) in [6.07, 6.45) is -3.24. The Hall–Kier alpha value is -1.81. The van der Waals surface area contributed by atoms with Gasteiger partial charge in [-0.15, -0.1) is 0 Å². The van der Waals surface area contributed by atoms with Crippen molar-refractivity contribution >= 4 is 15.9 Å². The van der Waals surface area contributed by atoms with E-state index in [-0.39, 0.29) is 0 Å². The molecule has 7 heteroatoms. The van der Waals surface area contributed by atoms with Crippen molar-refractivity contribution in [3.8, 4) is 11.8 Å². The number of halogens is 4. The molecule has 0 spiro atoms. The molecule has 92 valence electrons. The Bertz CT molecular complexity index is 625. The molecule has 2 rings (SSSR count). The van der Waals surface area contributed by atoms with Gasteiger partial charge < -0.3 is 0 Å². The summed E-state index contributed by atoms with van der Waals surface area (Å²) in [7, 11) is 0. The zero-order chi connectivity index (χ0) is 13.3. The minimum atomic E-state index is -4.46. The van der Waals surface area contributed by atoms with E-state index >= 15 is 0 Å². The molecule has 0 aliphatic rings. The van der Waals surface area contributed by atoms with Crippen molar-refractivity contribution in [3.05, 3.63) is 46.2 Å². The van der Waals surface area contributed by atoms with Gasteiger partial charge in [-0.1, -0.05) is 0 Å². The predicted octanol–water partition coefficient (Wildman–Crippen LogP) is 3.53.